The molecule has 0 radical (unpaired) electrons. The molecule has 1 aromatic carbocycles. The van der Waals surface area contributed by atoms with Gasteiger partial charge in [0.15, 0.2) is 11.5 Å². The average Bonchev–Trinajstić information content (AvgIpc) is 2.89. The maximum absolute atomic E-state index is 5.51. The molecule has 0 aliphatic carbocycles. The lowest BCUT2D eigenvalue weighted by molar-refractivity contribution is 0.349. The Morgan fingerprint density at radius 1 is 1.10 bits per heavy atom. The molecule has 1 heterocycles. The number of ether oxygens (including phenoxy) is 3. The van der Waals surface area contributed by atoms with Crippen LogP contribution < -0.4 is 19.9 Å². The topological polar surface area (TPSA) is 110 Å². The summed E-state index contributed by atoms with van der Waals surface area (Å²) >= 11 is 0. The first-order valence-electron chi connectivity index (χ1n) is 5.57. The SMILES string of the molecule is COc1cc(OC)c(OC)cc1/C=N\n1nnnc1N. The van der Waals surface area contributed by atoms with Crippen molar-refractivity contribution in [2.75, 3.05) is 27.1 Å². The van der Waals surface area contributed by atoms with Crippen LogP contribution in [0.2, 0.25) is 0 Å². The summed E-state index contributed by atoms with van der Waals surface area (Å²) in [5.41, 5.74) is 6.18. The van der Waals surface area contributed by atoms with Gasteiger partial charge in [-0.2, -0.15) is 5.10 Å². The molecule has 0 saturated carbocycles. The maximum atomic E-state index is 5.51. The lowest BCUT2D eigenvalue weighted by atomic mass is 10.2. The Balaban J connectivity index is 2.40. The molecule has 1 aromatic heterocycles. The first-order valence-corrected chi connectivity index (χ1v) is 5.57. The smallest absolute Gasteiger partial charge is 0.263 e. The Hall–Kier alpha value is -2.84. The standard InChI is InChI=1S/C11H14N6O3/c1-18-8-5-10(20-3)9(19-2)4-7(8)6-13-17-11(12)14-15-16-17/h4-6H,1-3H3,(H2,12,14,16)/b13-6-. The highest BCUT2D eigenvalue weighted by atomic mass is 16.5. The van der Waals surface area contributed by atoms with Crippen molar-refractivity contribution < 1.29 is 14.2 Å². The summed E-state index contributed by atoms with van der Waals surface area (Å²) in [7, 11) is 4.64. The third-order valence-electron chi connectivity index (χ3n) is 2.52. The van der Waals surface area contributed by atoms with E-state index in [0.29, 0.717) is 22.8 Å². The van der Waals surface area contributed by atoms with Crippen molar-refractivity contribution in [2.45, 2.75) is 0 Å². The molecule has 0 aliphatic rings. The summed E-state index contributed by atoms with van der Waals surface area (Å²) in [5, 5.41) is 14.5. The lowest BCUT2D eigenvalue weighted by Crippen LogP contribution is -2.01. The van der Waals surface area contributed by atoms with Gasteiger partial charge in [0.05, 0.1) is 27.5 Å². The quantitative estimate of drug-likeness (QED) is 0.776. The van der Waals surface area contributed by atoms with Gasteiger partial charge in [0.1, 0.15) is 5.75 Å². The van der Waals surface area contributed by atoms with Crippen molar-refractivity contribution in [1.29, 1.82) is 0 Å². The summed E-state index contributed by atoms with van der Waals surface area (Å²) in [6.45, 7) is 0. The number of anilines is 1. The number of nitrogen functional groups attached to an aromatic ring is 1. The molecule has 0 atom stereocenters. The molecule has 0 unspecified atom stereocenters. The van der Waals surface area contributed by atoms with Crippen molar-refractivity contribution in [3.8, 4) is 17.2 Å². The van der Waals surface area contributed by atoms with E-state index in [2.05, 4.69) is 20.6 Å². The molecule has 2 aromatic rings. The Morgan fingerprint density at radius 2 is 1.75 bits per heavy atom. The van der Waals surface area contributed by atoms with E-state index in [1.807, 2.05) is 0 Å². The summed E-state index contributed by atoms with van der Waals surface area (Å²) < 4.78 is 15.7. The van der Waals surface area contributed by atoms with Crippen molar-refractivity contribution in [3.05, 3.63) is 17.7 Å². The third-order valence-corrected chi connectivity index (χ3v) is 2.52. The number of hydrogen-bond donors (Lipinski definition) is 1. The molecular formula is C11H14N6O3. The molecule has 20 heavy (non-hydrogen) atoms. The first kappa shape index (κ1) is 13.6. The van der Waals surface area contributed by atoms with Crippen LogP contribution in [0.3, 0.4) is 0 Å². The van der Waals surface area contributed by atoms with Gasteiger partial charge in [-0.15, -0.1) is 0 Å². The minimum Gasteiger partial charge on any atom is -0.496 e. The fourth-order valence-electron chi connectivity index (χ4n) is 1.54. The number of methoxy groups -OCH3 is 3. The van der Waals surface area contributed by atoms with Crippen LogP contribution in [0.15, 0.2) is 17.2 Å². The van der Waals surface area contributed by atoms with Gasteiger partial charge < -0.3 is 19.9 Å². The van der Waals surface area contributed by atoms with E-state index in [9.17, 15) is 0 Å². The molecule has 0 spiro atoms. The zero-order valence-corrected chi connectivity index (χ0v) is 11.3. The van der Waals surface area contributed by atoms with Gasteiger partial charge in [-0.05, 0) is 16.5 Å². The molecule has 0 saturated heterocycles. The predicted molar refractivity (Wildman–Crippen MR) is 71.3 cm³/mol. The Morgan fingerprint density at radius 3 is 2.30 bits per heavy atom. The van der Waals surface area contributed by atoms with Gasteiger partial charge in [-0.1, -0.05) is 9.89 Å². The molecule has 0 bridgehead atoms. The Kier molecular flexibility index (Phi) is 3.99. The van der Waals surface area contributed by atoms with E-state index in [-0.39, 0.29) is 5.95 Å². The molecule has 106 valence electrons. The highest BCUT2D eigenvalue weighted by Crippen LogP contribution is 2.33. The molecule has 2 N–H and O–H groups in total. The summed E-state index contributed by atoms with van der Waals surface area (Å²) in [5.74, 6) is 1.77. The van der Waals surface area contributed by atoms with Gasteiger partial charge >= 0.3 is 0 Å². The van der Waals surface area contributed by atoms with Gasteiger partial charge in [-0.25, -0.2) is 0 Å². The van der Waals surface area contributed by atoms with Crippen LogP contribution in [0.4, 0.5) is 5.95 Å². The molecule has 0 amide bonds. The highest BCUT2D eigenvalue weighted by Gasteiger charge is 2.10. The number of rotatable bonds is 5. The first-order chi connectivity index (χ1) is 9.69. The predicted octanol–water partition coefficient (Wildman–Crippen LogP) is 0.163. The maximum Gasteiger partial charge on any atom is 0.263 e. The lowest BCUT2D eigenvalue weighted by Gasteiger charge is -2.11. The van der Waals surface area contributed by atoms with Gasteiger partial charge in [0.2, 0.25) is 0 Å². The van der Waals surface area contributed by atoms with Crippen molar-refractivity contribution >= 4 is 12.2 Å². The van der Waals surface area contributed by atoms with Crippen LogP contribution in [-0.4, -0.2) is 47.9 Å². The van der Waals surface area contributed by atoms with Crippen LogP contribution in [0, 0.1) is 0 Å². The number of nitrogens with two attached hydrogens (primary N) is 1. The second kappa shape index (κ2) is 5.87. The normalized spacial score (nSPS) is 10.8. The van der Waals surface area contributed by atoms with Crippen LogP contribution in [0.1, 0.15) is 5.56 Å². The molecule has 2 rings (SSSR count). The second-order valence-corrected chi connectivity index (χ2v) is 3.62. The zero-order valence-electron chi connectivity index (χ0n) is 11.3. The third kappa shape index (κ3) is 2.60. The van der Waals surface area contributed by atoms with E-state index in [0.717, 1.165) is 4.79 Å². The second-order valence-electron chi connectivity index (χ2n) is 3.62. The summed E-state index contributed by atoms with van der Waals surface area (Å²) in [6, 6.07) is 3.42. The monoisotopic (exact) mass is 278 g/mol. The largest absolute Gasteiger partial charge is 0.496 e. The van der Waals surface area contributed by atoms with Gasteiger partial charge in [-0.3, -0.25) is 0 Å². The van der Waals surface area contributed by atoms with Crippen molar-refractivity contribution in [3.63, 3.8) is 0 Å². The Bertz CT molecular complexity index is 625. The summed E-state index contributed by atoms with van der Waals surface area (Å²) in [4.78, 5) is 1.09. The van der Waals surface area contributed by atoms with Crippen molar-refractivity contribution in [2.24, 2.45) is 5.10 Å². The molecule has 0 fully saturated rings. The number of tetrazole rings is 1. The number of aromatic nitrogens is 4. The van der Waals surface area contributed by atoms with Crippen LogP contribution in [0.25, 0.3) is 0 Å². The fraction of sp³-hybridized carbons (Fsp3) is 0.273. The minimum absolute atomic E-state index is 0.0840. The number of nitrogens with zero attached hydrogens (tertiary/aromatic N) is 5. The van der Waals surface area contributed by atoms with Gasteiger partial charge in [0.25, 0.3) is 5.95 Å². The molecule has 9 heteroatoms. The fourth-order valence-corrected chi connectivity index (χ4v) is 1.54. The zero-order chi connectivity index (χ0) is 14.5. The van der Waals surface area contributed by atoms with Crippen LogP contribution in [0.5, 0.6) is 17.2 Å². The van der Waals surface area contributed by atoms with Crippen LogP contribution in [-0.2, 0) is 0 Å². The van der Waals surface area contributed by atoms with E-state index < -0.39 is 0 Å². The molecule has 0 aliphatic heterocycles. The van der Waals surface area contributed by atoms with Crippen LogP contribution >= 0.6 is 0 Å². The summed E-state index contributed by atoms with van der Waals surface area (Å²) in [6.07, 6.45) is 1.51. The molecule has 9 nitrogen and oxygen atoms in total. The van der Waals surface area contributed by atoms with E-state index in [1.165, 1.54) is 6.21 Å². The highest BCUT2D eigenvalue weighted by molar-refractivity contribution is 5.85. The van der Waals surface area contributed by atoms with E-state index in [1.54, 1.807) is 33.5 Å². The number of benzene rings is 1. The van der Waals surface area contributed by atoms with Crippen molar-refractivity contribution in [1.82, 2.24) is 20.3 Å². The van der Waals surface area contributed by atoms with Gasteiger partial charge in [0, 0.05) is 11.6 Å². The minimum atomic E-state index is 0.0840. The van der Waals surface area contributed by atoms with E-state index >= 15 is 0 Å². The number of hydrogen-bond acceptors (Lipinski definition) is 8. The average molecular weight is 278 g/mol. The Labute approximate surface area is 114 Å². The van der Waals surface area contributed by atoms with E-state index in [4.69, 9.17) is 19.9 Å². The molecular weight excluding hydrogens is 264 g/mol.